The molecule has 4 N–H and O–H groups in total. The SMILES string of the molecule is CC(=O)Nc1cccc(NCC(=O)Nc2ccc(NC(=O)CCc3ccccc3)cc2)c1. The molecule has 0 heterocycles. The van der Waals surface area contributed by atoms with E-state index < -0.39 is 0 Å². The maximum absolute atomic E-state index is 12.2. The molecule has 0 bridgehead atoms. The predicted molar refractivity (Wildman–Crippen MR) is 128 cm³/mol. The van der Waals surface area contributed by atoms with Gasteiger partial charge in [-0.2, -0.15) is 0 Å². The van der Waals surface area contributed by atoms with Crippen LogP contribution < -0.4 is 21.3 Å². The van der Waals surface area contributed by atoms with Crippen molar-refractivity contribution in [3.05, 3.63) is 84.4 Å². The Morgan fingerprint density at radius 2 is 1.28 bits per heavy atom. The molecule has 7 heteroatoms. The van der Waals surface area contributed by atoms with E-state index in [0.29, 0.717) is 29.9 Å². The lowest BCUT2D eigenvalue weighted by Crippen LogP contribution is -2.21. The molecule has 3 rings (SSSR count). The number of amides is 3. The van der Waals surface area contributed by atoms with Crippen LogP contribution in [-0.4, -0.2) is 24.3 Å². The molecule has 7 nitrogen and oxygen atoms in total. The van der Waals surface area contributed by atoms with Crippen molar-refractivity contribution in [1.29, 1.82) is 0 Å². The minimum absolute atomic E-state index is 0.0590. The van der Waals surface area contributed by atoms with Crippen molar-refractivity contribution in [1.82, 2.24) is 0 Å². The summed E-state index contributed by atoms with van der Waals surface area (Å²) in [5.41, 5.74) is 3.81. The number of carbonyl (C=O) groups is 3. The van der Waals surface area contributed by atoms with Gasteiger partial charge in [0, 0.05) is 36.1 Å². The van der Waals surface area contributed by atoms with E-state index in [2.05, 4.69) is 21.3 Å². The molecule has 0 aliphatic rings. The zero-order valence-corrected chi connectivity index (χ0v) is 17.9. The normalized spacial score (nSPS) is 10.2. The molecule has 3 aromatic carbocycles. The molecule has 3 aromatic rings. The number of hydrogen-bond acceptors (Lipinski definition) is 4. The molecular weight excluding hydrogens is 404 g/mol. The van der Waals surface area contributed by atoms with Gasteiger partial charge in [0.05, 0.1) is 6.54 Å². The molecule has 0 atom stereocenters. The van der Waals surface area contributed by atoms with Gasteiger partial charge in [-0.15, -0.1) is 0 Å². The summed E-state index contributed by atoms with van der Waals surface area (Å²) >= 11 is 0. The fourth-order valence-electron chi connectivity index (χ4n) is 3.06. The highest BCUT2D eigenvalue weighted by molar-refractivity contribution is 5.95. The Morgan fingerprint density at radius 3 is 1.94 bits per heavy atom. The molecule has 0 aromatic heterocycles. The largest absolute Gasteiger partial charge is 0.376 e. The van der Waals surface area contributed by atoms with Crippen LogP contribution in [0.15, 0.2) is 78.9 Å². The topological polar surface area (TPSA) is 99.3 Å². The number of benzene rings is 3. The van der Waals surface area contributed by atoms with E-state index in [0.717, 1.165) is 11.3 Å². The summed E-state index contributed by atoms with van der Waals surface area (Å²) in [7, 11) is 0. The maximum atomic E-state index is 12.2. The number of anilines is 4. The van der Waals surface area contributed by atoms with Crippen molar-refractivity contribution in [2.75, 3.05) is 27.8 Å². The molecule has 0 spiro atoms. The van der Waals surface area contributed by atoms with E-state index in [-0.39, 0.29) is 24.3 Å². The Balaban J connectivity index is 1.43. The highest BCUT2D eigenvalue weighted by Gasteiger charge is 2.06. The average molecular weight is 431 g/mol. The van der Waals surface area contributed by atoms with Crippen LogP contribution in [0.4, 0.5) is 22.7 Å². The van der Waals surface area contributed by atoms with Crippen LogP contribution in [0.25, 0.3) is 0 Å². The minimum Gasteiger partial charge on any atom is -0.376 e. The number of nitrogens with one attached hydrogen (secondary N) is 4. The van der Waals surface area contributed by atoms with Gasteiger partial charge in [0.1, 0.15) is 0 Å². The van der Waals surface area contributed by atoms with Crippen LogP contribution in [0.1, 0.15) is 18.9 Å². The van der Waals surface area contributed by atoms with E-state index in [1.165, 1.54) is 6.92 Å². The minimum atomic E-state index is -0.213. The van der Waals surface area contributed by atoms with Crippen molar-refractivity contribution in [3.8, 4) is 0 Å². The highest BCUT2D eigenvalue weighted by Crippen LogP contribution is 2.16. The summed E-state index contributed by atoms with van der Waals surface area (Å²) in [5.74, 6) is -0.429. The number of aryl methyl sites for hydroxylation is 1. The highest BCUT2D eigenvalue weighted by atomic mass is 16.2. The summed E-state index contributed by atoms with van der Waals surface area (Å²) in [5, 5.41) is 11.4. The van der Waals surface area contributed by atoms with Crippen molar-refractivity contribution < 1.29 is 14.4 Å². The Kier molecular flexibility index (Phi) is 7.97. The van der Waals surface area contributed by atoms with Crippen LogP contribution in [0.5, 0.6) is 0 Å². The van der Waals surface area contributed by atoms with Gasteiger partial charge < -0.3 is 21.3 Å². The Labute approximate surface area is 187 Å². The first-order valence-electron chi connectivity index (χ1n) is 10.3. The molecule has 0 saturated carbocycles. The molecule has 0 fully saturated rings. The van der Waals surface area contributed by atoms with Crippen LogP contribution in [0.2, 0.25) is 0 Å². The molecule has 3 amide bonds. The second kappa shape index (κ2) is 11.3. The molecular formula is C25H26N4O3. The third-order valence-corrected chi connectivity index (χ3v) is 4.57. The first kappa shape index (κ1) is 22.6. The second-order valence-corrected chi connectivity index (χ2v) is 7.27. The average Bonchev–Trinajstić information content (AvgIpc) is 2.78. The zero-order chi connectivity index (χ0) is 22.8. The van der Waals surface area contributed by atoms with E-state index in [4.69, 9.17) is 0 Å². The standard InChI is InChI=1S/C25H26N4O3/c1-18(30)27-23-9-5-8-22(16-23)26-17-25(32)29-21-13-11-20(12-14-21)28-24(31)15-10-19-6-3-2-4-7-19/h2-9,11-14,16,26H,10,15,17H2,1H3,(H,27,30)(H,28,31)(H,29,32). The third-order valence-electron chi connectivity index (χ3n) is 4.57. The van der Waals surface area contributed by atoms with Crippen molar-refractivity contribution in [2.24, 2.45) is 0 Å². The molecule has 0 aliphatic heterocycles. The van der Waals surface area contributed by atoms with Gasteiger partial charge in [0.15, 0.2) is 0 Å². The molecule has 0 radical (unpaired) electrons. The smallest absolute Gasteiger partial charge is 0.243 e. The monoisotopic (exact) mass is 430 g/mol. The Bertz CT molecular complexity index is 1070. The van der Waals surface area contributed by atoms with Crippen molar-refractivity contribution >= 4 is 40.5 Å². The zero-order valence-electron chi connectivity index (χ0n) is 17.9. The van der Waals surface area contributed by atoms with E-state index in [1.54, 1.807) is 42.5 Å². The van der Waals surface area contributed by atoms with E-state index in [1.807, 2.05) is 36.4 Å². The van der Waals surface area contributed by atoms with Crippen LogP contribution in [0.3, 0.4) is 0 Å². The number of rotatable bonds is 9. The van der Waals surface area contributed by atoms with Gasteiger partial charge in [0.25, 0.3) is 0 Å². The predicted octanol–water partition coefficient (Wildman–Crippen LogP) is 4.27. The van der Waals surface area contributed by atoms with Gasteiger partial charge in [-0.25, -0.2) is 0 Å². The fourth-order valence-corrected chi connectivity index (χ4v) is 3.06. The second-order valence-electron chi connectivity index (χ2n) is 7.27. The lowest BCUT2D eigenvalue weighted by Gasteiger charge is -2.10. The summed E-state index contributed by atoms with van der Waals surface area (Å²) in [4.78, 5) is 35.5. The quantitative estimate of drug-likeness (QED) is 0.407. The summed E-state index contributed by atoms with van der Waals surface area (Å²) in [6.07, 6.45) is 1.08. The third kappa shape index (κ3) is 7.60. The van der Waals surface area contributed by atoms with Crippen LogP contribution in [-0.2, 0) is 20.8 Å². The molecule has 164 valence electrons. The summed E-state index contributed by atoms with van der Waals surface area (Å²) in [6, 6.07) is 24.0. The number of hydrogen-bond donors (Lipinski definition) is 4. The Hall–Kier alpha value is -4.13. The number of carbonyl (C=O) groups excluding carboxylic acids is 3. The molecule has 0 aliphatic carbocycles. The van der Waals surface area contributed by atoms with Gasteiger partial charge >= 0.3 is 0 Å². The lowest BCUT2D eigenvalue weighted by atomic mass is 10.1. The summed E-state index contributed by atoms with van der Waals surface area (Å²) < 4.78 is 0. The van der Waals surface area contributed by atoms with Crippen molar-refractivity contribution in [3.63, 3.8) is 0 Å². The van der Waals surface area contributed by atoms with Crippen molar-refractivity contribution in [2.45, 2.75) is 19.8 Å². The molecule has 0 unspecified atom stereocenters. The van der Waals surface area contributed by atoms with Gasteiger partial charge in [-0.05, 0) is 54.4 Å². The maximum Gasteiger partial charge on any atom is 0.243 e. The van der Waals surface area contributed by atoms with Gasteiger partial charge in [0.2, 0.25) is 17.7 Å². The first-order chi connectivity index (χ1) is 15.5. The lowest BCUT2D eigenvalue weighted by molar-refractivity contribution is -0.116. The van der Waals surface area contributed by atoms with Crippen LogP contribution in [0, 0.1) is 0 Å². The van der Waals surface area contributed by atoms with Gasteiger partial charge in [-0.3, -0.25) is 14.4 Å². The van der Waals surface area contributed by atoms with E-state index >= 15 is 0 Å². The summed E-state index contributed by atoms with van der Waals surface area (Å²) in [6.45, 7) is 1.51. The molecule has 32 heavy (non-hydrogen) atoms. The van der Waals surface area contributed by atoms with Gasteiger partial charge in [-0.1, -0.05) is 36.4 Å². The first-order valence-corrected chi connectivity index (χ1v) is 10.3. The fraction of sp³-hybridized carbons (Fsp3) is 0.160. The Morgan fingerprint density at radius 1 is 0.656 bits per heavy atom. The van der Waals surface area contributed by atoms with Crippen LogP contribution >= 0.6 is 0 Å². The molecule has 0 saturated heterocycles. The van der Waals surface area contributed by atoms with E-state index in [9.17, 15) is 14.4 Å².